The number of H-pyrrole nitrogens is 1. The molecule has 0 spiro atoms. The van der Waals surface area contributed by atoms with Crippen LogP contribution in [0.5, 0.6) is 0 Å². The first-order valence-electron chi connectivity index (χ1n) is 10.6. The molecule has 0 unspecified atom stereocenters. The van der Waals surface area contributed by atoms with E-state index in [2.05, 4.69) is 10.3 Å². The van der Waals surface area contributed by atoms with Crippen LogP contribution in [0.15, 0.2) is 64.3 Å². The first-order chi connectivity index (χ1) is 16.3. The van der Waals surface area contributed by atoms with Crippen molar-refractivity contribution in [3.05, 3.63) is 70.5 Å². The summed E-state index contributed by atoms with van der Waals surface area (Å²) >= 11 is 0. The highest BCUT2D eigenvalue weighted by Crippen LogP contribution is 2.20. The number of aromatic amines is 1. The van der Waals surface area contributed by atoms with Gasteiger partial charge in [-0.05, 0) is 37.3 Å². The SMILES string of the molecule is C[C@H](OC(=O)c1cc(=O)[nH]c2ccccc12)C(=O)Nc1ccc(S(=O)(=O)N2CCOCC2)cc1. The van der Waals surface area contributed by atoms with Crippen molar-refractivity contribution in [1.29, 1.82) is 0 Å². The molecule has 2 N–H and O–H groups in total. The van der Waals surface area contributed by atoms with Crippen molar-refractivity contribution >= 4 is 38.5 Å². The molecule has 2 heterocycles. The lowest BCUT2D eigenvalue weighted by molar-refractivity contribution is -0.123. The normalized spacial score (nSPS) is 15.6. The number of fused-ring (bicyclic) bond motifs is 1. The van der Waals surface area contributed by atoms with Gasteiger partial charge >= 0.3 is 5.97 Å². The minimum absolute atomic E-state index is 0.0525. The van der Waals surface area contributed by atoms with Crippen LogP contribution >= 0.6 is 0 Å². The number of hydrogen-bond acceptors (Lipinski definition) is 7. The molecule has 0 aliphatic carbocycles. The van der Waals surface area contributed by atoms with E-state index in [1.54, 1.807) is 24.3 Å². The molecule has 0 saturated carbocycles. The Labute approximate surface area is 195 Å². The average molecular weight is 486 g/mol. The van der Waals surface area contributed by atoms with Crippen LogP contribution in [0.1, 0.15) is 17.3 Å². The van der Waals surface area contributed by atoms with Gasteiger partial charge < -0.3 is 19.8 Å². The molecule has 1 fully saturated rings. The fourth-order valence-corrected chi connectivity index (χ4v) is 4.95. The lowest BCUT2D eigenvalue weighted by Gasteiger charge is -2.26. The van der Waals surface area contributed by atoms with Gasteiger partial charge in [-0.25, -0.2) is 13.2 Å². The zero-order chi connectivity index (χ0) is 24.3. The number of nitrogens with one attached hydrogen (secondary N) is 2. The molecule has 1 atom stereocenters. The van der Waals surface area contributed by atoms with Crippen molar-refractivity contribution in [3.8, 4) is 0 Å². The summed E-state index contributed by atoms with van der Waals surface area (Å²) in [5.74, 6) is -1.41. The molecular formula is C23H23N3O7S. The van der Waals surface area contributed by atoms with E-state index < -0.39 is 33.6 Å². The molecule has 1 aromatic heterocycles. The molecule has 0 bridgehead atoms. The maximum absolute atomic E-state index is 12.7. The Kier molecular flexibility index (Phi) is 6.77. The van der Waals surface area contributed by atoms with E-state index in [1.807, 2.05) is 0 Å². The summed E-state index contributed by atoms with van der Waals surface area (Å²) in [5.41, 5.74) is 0.410. The van der Waals surface area contributed by atoms with Crippen molar-refractivity contribution in [2.45, 2.75) is 17.9 Å². The largest absolute Gasteiger partial charge is 0.449 e. The first kappa shape index (κ1) is 23.6. The van der Waals surface area contributed by atoms with Gasteiger partial charge in [-0.1, -0.05) is 18.2 Å². The molecule has 2 aromatic carbocycles. The van der Waals surface area contributed by atoms with Crippen molar-refractivity contribution in [1.82, 2.24) is 9.29 Å². The summed E-state index contributed by atoms with van der Waals surface area (Å²) in [4.78, 5) is 39.8. The molecule has 34 heavy (non-hydrogen) atoms. The van der Waals surface area contributed by atoms with Gasteiger partial charge in [0, 0.05) is 35.7 Å². The number of esters is 1. The maximum atomic E-state index is 12.7. The number of benzene rings is 2. The minimum atomic E-state index is -3.65. The van der Waals surface area contributed by atoms with Crippen LogP contribution in [0, 0.1) is 0 Å². The summed E-state index contributed by atoms with van der Waals surface area (Å²) in [5, 5.41) is 3.09. The smallest absolute Gasteiger partial charge is 0.339 e. The number of amides is 1. The molecule has 0 radical (unpaired) electrons. The fraction of sp³-hybridized carbons (Fsp3) is 0.261. The van der Waals surface area contributed by atoms with Gasteiger partial charge in [0.25, 0.3) is 5.91 Å². The van der Waals surface area contributed by atoms with Gasteiger partial charge in [-0.15, -0.1) is 0 Å². The second-order valence-corrected chi connectivity index (χ2v) is 9.61. The number of para-hydroxylation sites is 1. The minimum Gasteiger partial charge on any atom is -0.449 e. The van der Waals surface area contributed by atoms with Crippen LogP contribution in [0.2, 0.25) is 0 Å². The molecule has 178 valence electrons. The van der Waals surface area contributed by atoms with Crippen LogP contribution in [-0.4, -0.2) is 62.0 Å². The number of aromatic nitrogens is 1. The van der Waals surface area contributed by atoms with Gasteiger partial charge in [0.2, 0.25) is 15.6 Å². The van der Waals surface area contributed by atoms with E-state index in [0.29, 0.717) is 29.8 Å². The highest BCUT2D eigenvalue weighted by atomic mass is 32.2. The first-order valence-corrected chi connectivity index (χ1v) is 12.0. The van der Waals surface area contributed by atoms with E-state index in [0.717, 1.165) is 6.07 Å². The van der Waals surface area contributed by atoms with E-state index in [9.17, 15) is 22.8 Å². The molecule has 1 aliphatic heterocycles. The standard InChI is InChI=1S/C23H23N3O7S/c1-15(33-23(29)19-14-21(27)25-20-5-3-2-4-18(19)20)22(28)24-16-6-8-17(9-7-16)34(30,31)26-10-12-32-13-11-26/h2-9,14-15H,10-13H2,1H3,(H,24,28)(H,25,27)/t15-/m0/s1. The highest BCUT2D eigenvalue weighted by Gasteiger charge is 2.26. The highest BCUT2D eigenvalue weighted by molar-refractivity contribution is 7.89. The van der Waals surface area contributed by atoms with Gasteiger partial charge in [0.15, 0.2) is 6.10 Å². The number of pyridine rings is 1. The van der Waals surface area contributed by atoms with Crippen LogP contribution in [0.25, 0.3) is 10.9 Å². The second-order valence-electron chi connectivity index (χ2n) is 7.67. The third-order valence-electron chi connectivity index (χ3n) is 5.35. The molecular weight excluding hydrogens is 462 g/mol. The number of carbonyl (C=O) groups excluding carboxylic acids is 2. The third kappa shape index (κ3) is 5.01. The Balaban J connectivity index is 1.42. The Morgan fingerprint density at radius 2 is 1.76 bits per heavy atom. The Morgan fingerprint density at radius 3 is 2.47 bits per heavy atom. The van der Waals surface area contributed by atoms with Crippen molar-refractivity contribution < 1.29 is 27.5 Å². The van der Waals surface area contributed by atoms with Gasteiger partial charge in [-0.2, -0.15) is 4.31 Å². The number of carbonyl (C=O) groups is 2. The number of morpholine rings is 1. The molecule has 1 amide bonds. The predicted molar refractivity (Wildman–Crippen MR) is 124 cm³/mol. The zero-order valence-corrected chi connectivity index (χ0v) is 19.1. The number of anilines is 1. The average Bonchev–Trinajstić information content (AvgIpc) is 2.84. The summed E-state index contributed by atoms with van der Waals surface area (Å²) in [7, 11) is -3.65. The topological polar surface area (TPSA) is 135 Å². The molecule has 11 heteroatoms. The third-order valence-corrected chi connectivity index (χ3v) is 7.27. The van der Waals surface area contributed by atoms with E-state index in [-0.39, 0.29) is 23.5 Å². The number of sulfonamides is 1. The Hall–Kier alpha value is -3.54. The molecule has 1 saturated heterocycles. The van der Waals surface area contributed by atoms with Crippen molar-refractivity contribution in [2.75, 3.05) is 31.6 Å². The number of hydrogen-bond donors (Lipinski definition) is 2. The van der Waals surface area contributed by atoms with Crippen LogP contribution in [0.3, 0.4) is 0 Å². The number of ether oxygens (including phenoxy) is 2. The van der Waals surface area contributed by atoms with Gasteiger partial charge in [0.05, 0.1) is 23.7 Å². The van der Waals surface area contributed by atoms with Crippen molar-refractivity contribution in [2.24, 2.45) is 0 Å². The van der Waals surface area contributed by atoms with E-state index >= 15 is 0 Å². The van der Waals surface area contributed by atoms with Crippen LogP contribution in [0.4, 0.5) is 5.69 Å². The molecule has 3 aromatic rings. The summed E-state index contributed by atoms with van der Waals surface area (Å²) in [6.07, 6.45) is -1.16. The Morgan fingerprint density at radius 1 is 1.09 bits per heavy atom. The van der Waals surface area contributed by atoms with Crippen LogP contribution < -0.4 is 10.9 Å². The maximum Gasteiger partial charge on any atom is 0.339 e. The summed E-state index contributed by atoms with van der Waals surface area (Å²) < 4.78 is 37.2. The van der Waals surface area contributed by atoms with E-state index in [4.69, 9.17) is 9.47 Å². The predicted octanol–water partition coefficient (Wildman–Crippen LogP) is 1.73. The second kappa shape index (κ2) is 9.75. The zero-order valence-electron chi connectivity index (χ0n) is 18.3. The molecule has 1 aliphatic rings. The lowest BCUT2D eigenvalue weighted by atomic mass is 10.1. The summed E-state index contributed by atoms with van der Waals surface area (Å²) in [6, 6.07) is 13.6. The fourth-order valence-electron chi connectivity index (χ4n) is 3.54. The molecule has 4 rings (SSSR count). The van der Waals surface area contributed by atoms with E-state index in [1.165, 1.54) is 35.5 Å². The van der Waals surface area contributed by atoms with Crippen molar-refractivity contribution in [3.63, 3.8) is 0 Å². The Bertz CT molecular complexity index is 1380. The summed E-state index contributed by atoms with van der Waals surface area (Å²) in [6.45, 7) is 2.66. The number of rotatable bonds is 6. The molecule has 10 nitrogen and oxygen atoms in total. The van der Waals surface area contributed by atoms with Gasteiger partial charge in [0.1, 0.15) is 0 Å². The number of nitrogens with zero attached hydrogens (tertiary/aromatic N) is 1. The quantitative estimate of drug-likeness (QED) is 0.508. The lowest BCUT2D eigenvalue weighted by Crippen LogP contribution is -2.40. The monoisotopic (exact) mass is 485 g/mol. The van der Waals surface area contributed by atoms with Gasteiger partial charge in [-0.3, -0.25) is 9.59 Å². The van der Waals surface area contributed by atoms with Crippen LogP contribution in [-0.2, 0) is 24.3 Å².